The number of piperazine rings is 1. The van der Waals surface area contributed by atoms with Crippen LogP contribution in [0.4, 0.5) is 20.2 Å². The fraction of sp³-hybridized carbons (Fsp3) is 0.714. The maximum atomic E-state index is 15.2. The van der Waals surface area contributed by atoms with Crippen LogP contribution in [-0.4, -0.2) is 97.9 Å². The number of nitrogens with zero attached hydrogens (tertiary/aromatic N) is 3. The first kappa shape index (κ1) is 28.4. The number of nitrogens with two attached hydrogens (primary N) is 2. The second kappa shape index (κ2) is 11.2. The van der Waals surface area contributed by atoms with Gasteiger partial charge in [0.05, 0.1) is 36.2 Å². The minimum atomic E-state index is -1.35. The molecule has 11 nitrogen and oxygen atoms in total. The van der Waals surface area contributed by atoms with Gasteiger partial charge in [-0.1, -0.05) is 6.42 Å². The van der Waals surface area contributed by atoms with Crippen LogP contribution < -0.4 is 32.3 Å². The molecule has 5 aliphatic rings. The molecule has 41 heavy (non-hydrogen) atoms. The molecule has 6 atom stereocenters. The minimum Gasteiger partial charge on any atom is -0.386 e. The topological polar surface area (TPSA) is 154 Å². The summed E-state index contributed by atoms with van der Waals surface area (Å²) < 4.78 is 35.7. The van der Waals surface area contributed by atoms with E-state index in [0.717, 1.165) is 44.8 Å². The number of halogens is 2. The summed E-state index contributed by atoms with van der Waals surface area (Å²) in [6.07, 6.45) is 5.20. The van der Waals surface area contributed by atoms with Gasteiger partial charge >= 0.3 is 0 Å². The van der Waals surface area contributed by atoms with Crippen LogP contribution in [0.25, 0.3) is 0 Å². The number of aliphatic hydroxyl groups excluding tert-OH is 1. The lowest BCUT2D eigenvalue weighted by Gasteiger charge is -2.39. The Kier molecular flexibility index (Phi) is 7.72. The third kappa shape index (κ3) is 5.33. The summed E-state index contributed by atoms with van der Waals surface area (Å²) in [6.45, 7) is 3.46. The zero-order valence-corrected chi connectivity index (χ0v) is 23.4. The molecule has 1 aromatic rings. The zero-order chi connectivity index (χ0) is 28.8. The van der Waals surface area contributed by atoms with Crippen molar-refractivity contribution in [3.8, 4) is 0 Å². The SMILES string of the molecule is NC(N)=C(C(O)Nc1cncc(F)c1N1CCN(C(=O)C2CNCCO2)CC1)C1CC23CCCC2(CC(F)CN1)C3. The van der Waals surface area contributed by atoms with Gasteiger partial charge in [-0.3, -0.25) is 9.78 Å². The van der Waals surface area contributed by atoms with Gasteiger partial charge in [0.2, 0.25) is 0 Å². The summed E-state index contributed by atoms with van der Waals surface area (Å²) >= 11 is 0. The number of ether oxygens (including phenoxy) is 1. The number of aliphatic hydroxyl groups is 1. The normalized spacial score (nSPS) is 34.1. The Morgan fingerprint density at radius 1 is 1.17 bits per heavy atom. The van der Waals surface area contributed by atoms with Crippen LogP contribution in [0.3, 0.4) is 0 Å². The highest BCUT2D eigenvalue weighted by molar-refractivity contribution is 5.82. The molecular formula is C28H42F2N8O3. The predicted molar refractivity (Wildman–Crippen MR) is 150 cm³/mol. The Labute approximate surface area is 239 Å². The van der Waals surface area contributed by atoms with Crippen molar-refractivity contribution in [3.63, 3.8) is 0 Å². The third-order valence-corrected chi connectivity index (χ3v) is 10.1. The van der Waals surface area contributed by atoms with E-state index in [1.54, 1.807) is 4.90 Å². The molecule has 0 radical (unpaired) electrons. The molecule has 8 N–H and O–H groups in total. The van der Waals surface area contributed by atoms with Gasteiger partial charge < -0.3 is 47.1 Å². The number of hydrogen-bond acceptors (Lipinski definition) is 10. The van der Waals surface area contributed by atoms with Crippen molar-refractivity contribution in [2.24, 2.45) is 22.3 Å². The molecule has 0 aromatic carbocycles. The molecule has 2 saturated carbocycles. The van der Waals surface area contributed by atoms with Gasteiger partial charge in [0.25, 0.3) is 5.91 Å². The van der Waals surface area contributed by atoms with Crippen molar-refractivity contribution in [3.05, 3.63) is 29.6 Å². The fourth-order valence-electron chi connectivity index (χ4n) is 8.01. The number of anilines is 2. The Bertz CT molecular complexity index is 1170. The molecule has 1 aromatic heterocycles. The monoisotopic (exact) mass is 576 g/mol. The first-order valence-corrected chi connectivity index (χ1v) is 14.8. The highest BCUT2D eigenvalue weighted by Crippen LogP contribution is 2.77. The molecule has 5 fully saturated rings. The van der Waals surface area contributed by atoms with Gasteiger partial charge in [-0.15, -0.1) is 0 Å². The number of rotatable bonds is 6. The standard InChI is InChI=1S/C28H42F2N8O3/c29-17-10-27-2-1-3-28(27,16-27)11-19(35-12-17)22(24(31)32)25(39)36-20-14-34-13-18(30)23(20)37-5-7-38(8-6-37)26(40)21-15-33-4-9-41-21/h13-14,17,19,21,25,33,35-36,39H,1-12,15-16,31-32H2. The van der Waals surface area contributed by atoms with Gasteiger partial charge in [0.15, 0.2) is 12.0 Å². The first-order chi connectivity index (χ1) is 19.7. The van der Waals surface area contributed by atoms with E-state index in [-0.39, 0.29) is 40.5 Å². The molecular weight excluding hydrogens is 534 g/mol. The number of pyridine rings is 1. The van der Waals surface area contributed by atoms with Crippen molar-refractivity contribution in [1.82, 2.24) is 20.5 Å². The van der Waals surface area contributed by atoms with Crippen LogP contribution in [0, 0.1) is 16.6 Å². The van der Waals surface area contributed by atoms with E-state index in [0.29, 0.717) is 51.3 Å². The highest BCUT2D eigenvalue weighted by atomic mass is 19.1. The van der Waals surface area contributed by atoms with E-state index in [4.69, 9.17) is 16.2 Å². The number of alkyl halides is 1. The van der Waals surface area contributed by atoms with Crippen molar-refractivity contribution >= 4 is 17.3 Å². The number of nitrogens with one attached hydrogen (secondary N) is 3. The first-order valence-electron chi connectivity index (χ1n) is 14.8. The minimum absolute atomic E-state index is 0.0389. The third-order valence-electron chi connectivity index (χ3n) is 10.1. The Morgan fingerprint density at radius 2 is 1.93 bits per heavy atom. The molecule has 2 aliphatic carbocycles. The second-order valence-corrected chi connectivity index (χ2v) is 12.4. The molecule has 1 amide bonds. The van der Waals surface area contributed by atoms with Gasteiger partial charge in [-0.2, -0.15) is 0 Å². The van der Waals surface area contributed by atoms with Crippen LogP contribution in [0.1, 0.15) is 38.5 Å². The summed E-state index contributed by atoms with van der Waals surface area (Å²) in [5.74, 6) is -0.667. The van der Waals surface area contributed by atoms with Gasteiger partial charge in [0, 0.05) is 57.4 Å². The van der Waals surface area contributed by atoms with E-state index in [9.17, 15) is 14.3 Å². The van der Waals surface area contributed by atoms with E-state index in [1.807, 2.05) is 4.90 Å². The van der Waals surface area contributed by atoms with Crippen molar-refractivity contribution < 1.29 is 23.4 Å². The lowest BCUT2D eigenvalue weighted by Crippen LogP contribution is -2.55. The Morgan fingerprint density at radius 3 is 2.63 bits per heavy atom. The number of carbonyl (C=O) groups is 1. The molecule has 13 heteroatoms. The molecule has 0 bridgehead atoms. The number of aromatic nitrogens is 1. The van der Waals surface area contributed by atoms with Crippen LogP contribution in [0.15, 0.2) is 23.8 Å². The van der Waals surface area contributed by atoms with Gasteiger partial charge in [0.1, 0.15) is 12.3 Å². The second-order valence-electron chi connectivity index (χ2n) is 12.4. The van der Waals surface area contributed by atoms with Crippen LogP contribution >= 0.6 is 0 Å². The molecule has 6 rings (SSSR count). The summed E-state index contributed by atoms with van der Waals surface area (Å²) in [5, 5.41) is 20.9. The Hall–Kier alpha value is -2.74. The van der Waals surface area contributed by atoms with E-state index in [2.05, 4.69) is 20.9 Å². The predicted octanol–water partition coefficient (Wildman–Crippen LogP) is 0.368. The molecule has 3 aliphatic heterocycles. The maximum absolute atomic E-state index is 15.2. The zero-order valence-electron chi connectivity index (χ0n) is 23.4. The largest absolute Gasteiger partial charge is 0.386 e. The van der Waals surface area contributed by atoms with Crippen LogP contribution in [0.2, 0.25) is 0 Å². The fourth-order valence-corrected chi connectivity index (χ4v) is 8.01. The summed E-state index contributed by atoms with van der Waals surface area (Å²) in [5.41, 5.74) is 13.2. The van der Waals surface area contributed by atoms with E-state index in [1.165, 1.54) is 6.20 Å². The average molecular weight is 577 g/mol. The number of amides is 1. The summed E-state index contributed by atoms with van der Waals surface area (Å²) in [6, 6.07) is -0.419. The lowest BCUT2D eigenvalue weighted by molar-refractivity contribution is -0.145. The van der Waals surface area contributed by atoms with Gasteiger partial charge in [-0.25, -0.2) is 8.78 Å². The van der Waals surface area contributed by atoms with E-state index < -0.39 is 30.4 Å². The molecule has 4 heterocycles. The molecule has 0 spiro atoms. The van der Waals surface area contributed by atoms with Gasteiger partial charge in [-0.05, 0) is 42.9 Å². The molecule has 3 saturated heterocycles. The lowest BCUT2D eigenvalue weighted by atomic mass is 9.82. The number of hydrogen-bond donors (Lipinski definition) is 6. The molecule has 6 unspecified atom stereocenters. The quantitative estimate of drug-likeness (QED) is 0.262. The van der Waals surface area contributed by atoms with Crippen molar-refractivity contribution in [2.75, 3.05) is 62.6 Å². The van der Waals surface area contributed by atoms with Crippen LogP contribution in [-0.2, 0) is 9.53 Å². The van der Waals surface area contributed by atoms with E-state index >= 15 is 4.39 Å². The van der Waals surface area contributed by atoms with Crippen molar-refractivity contribution in [2.45, 2.75) is 63.1 Å². The van der Waals surface area contributed by atoms with Crippen LogP contribution in [0.5, 0.6) is 0 Å². The summed E-state index contributed by atoms with van der Waals surface area (Å²) in [7, 11) is 0. The smallest absolute Gasteiger partial charge is 0.253 e. The maximum Gasteiger partial charge on any atom is 0.253 e. The highest BCUT2D eigenvalue weighted by Gasteiger charge is 2.70. The number of morpholine rings is 1. The van der Waals surface area contributed by atoms with Crippen molar-refractivity contribution in [1.29, 1.82) is 0 Å². The average Bonchev–Trinajstić information content (AvgIpc) is 3.40. The number of carbonyl (C=O) groups excluding carboxylic acids is 1. The summed E-state index contributed by atoms with van der Waals surface area (Å²) in [4.78, 5) is 20.5. The molecule has 226 valence electrons. The Balaban J connectivity index is 1.16.